The third-order valence-electron chi connectivity index (χ3n) is 3.44. The first-order chi connectivity index (χ1) is 12.5. The Labute approximate surface area is 152 Å². The minimum absolute atomic E-state index is 0.0126. The average Bonchev–Trinajstić information content (AvgIpc) is 2.96. The lowest BCUT2D eigenvalue weighted by Gasteiger charge is -2.03. The molecule has 0 atom stereocenters. The molecule has 3 rings (SSSR count). The number of non-ortho nitro benzene ring substituents is 1. The number of ether oxygens (including phenoxy) is 1. The Hall–Kier alpha value is -3.33. The van der Waals surface area contributed by atoms with Gasteiger partial charge in [-0.25, -0.2) is 4.99 Å². The van der Waals surface area contributed by atoms with Gasteiger partial charge in [0.1, 0.15) is 0 Å². The molecule has 0 unspecified atom stereocenters. The second-order valence-corrected chi connectivity index (χ2v) is 6.22. The van der Waals surface area contributed by atoms with E-state index in [1.807, 2.05) is 0 Å². The summed E-state index contributed by atoms with van der Waals surface area (Å²) in [6, 6.07) is 10.5. The predicted molar refractivity (Wildman–Crippen MR) is 98.6 cm³/mol. The van der Waals surface area contributed by atoms with Gasteiger partial charge in [-0.1, -0.05) is 6.07 Å². The minimum Gasteiger partial charge on any atom is -0.504 e. The molecule has 0 aromatic heterocycles. The Kier molecular flexibility index (Phi) is 4.90. The van der Waals surface area contributed by atoms with Crippen LogP contribution < -0.4 is 10.1 Å². The molecule has 0 bridgehead atoms. The molecule has 2 aromatic rings. The van der Waals surface area contributed by atoms with Crippen LogP contribution >= 0.6 is 11.8 Å². The van der Waals surface area contributed by atoms with Gasteiger partial charge >= 0.3 is 0 Å². The van der Waals surface area contributed by atoms with Gasteiger partial charge in [-0.15, -0.1) is 0 Å². The number of aromatic hydroxyl groups is 1. The van der Waals surface area contributed by atoms with Crippen molar-refractivity contribution >= 4 is 40.3 Å². The molecule has 1 amide bonds. The van der Waals surface area contributed by atoms with Crippen molar-refractivity contribution in [1.29, 1.82) is 0 Å². The van der Waals surface area contributed by atoms with Crippen molar-refractivity contribution in [3.05, 3.63) is 63.0 Å². The van der Waals surface area contributed by atoms with Gasteiger partial charge in [0.05, 0.1) is 22.6 Å². The van der Waals surface area contributed by atoms with Crippen LogP contribution in [-0.4, -0.2) is 28.2 Å². The number of carbonyl (C=O) groups is 1. The number of carbonyl (C=O) groups excluding carboxylic acids is 1. The number of amidine groups is 1. The summed E-state index contributed by atoms with van der Waals surface area (Å²) >= 11 is 1.15. The number of benzene rings is 2. The SMILES string of the molecule is COc1cc(/C=C2\SC(=Nc3ccc([N+](=O)[O-])cc3)NC2=O)ccc1O. The van der Waals surface area contributed by atoms with Crippen LogP contribution in [0.5, 0.6) is 11.5 Å². The molecule has 0 spiro atoms. The summed E-state index contributed by atoms with van der Waals surface area (Å²) in [6.45, 7) is 0. The van der Waals surface area contributed by atoms with Crippen molar-refractivity contribution in [2.45, 2.75) is 0 Å². The lowest BCUT2D eigenvalue weighted by molar-refractivity contribution is -0.384. The maximum Gasteiger partial charge on any atom is 0.269 e. The standard InChI is InChI=1S/C17H13N3O5S/c1-25-14-8-10(2-7-13(14)21)9-15-16(22)19-17(26-15)18-11-3-5-12(6-4-11)20(23)24/h2-9,21H,1H3,(H,18,19,22)/b15-9-. The fourth-order valence-electron chi connectivity index (χ4n) is 2.18. The summed E-state index contributed by atoms with van der Waals surface area (Å²) in [5, 5.41) is 23.3. The Balaban J connectivity index is 1.80. The van der Waals surface area contributed by atoms with E-state index in [0.717, 1.165) is 11.8 Å². The smallest absolute Gasteiger partial charge is 0.269 e. The molecule has 0 saturated carbocycles. The number of phenolic OH excluding ortho intramolecular Hbond substituents is 1. The quantitative estimate of drug-likeness (QED) is 0.485. The maximum absolute atomic E-state index is 12.1. The highest BCUT2D eigenvalue weighted by Crippen LogP contribution is 2.31. The number of rotatable bonds is 4. The van der Waals surface area contributed by atoms with E-state index >= 15 is 0 Å². The van der Waals surface area contributed by atoms with E-state index in [1.54, 1.807) is 18.2 Å². The topological polar surface area (TPSA) is 114 Å². The number of amides is 1. The molecule has 2 aromatic carbocycles. The number of nitrogens with zero attached hydrogens (tertiary/aromatic N) is 2. The second-order valence-electron chi connectivity index (χ2n) is 5.19. The number of thioether (sulfide) groups is 1. The molecule has 1 aliphatic heterocycles. The van der Waals surface area contributed by atoms with Gasteiger partial charge in [-0.2, -0.15) is 0 Å². The van der Waals surface area contributed by atoms with Gasteiger partial charge < -0.3 is 15.2 Å². The molecule has 1 saturated heterocycles. The molecule has 1 heterocycles. The van der Waals surface area contributed by atoms with Crippen molar-refractivity contribution in [2.75, 3.05) is 7.11 Å². The number of hydrogen-bond donors (Lipinski definition) is 2. The normalized spacial score (nSPS) is 16.7. The first kappa shape index (κ1) is 17.5. The van der Waals surface area contributed by atoms with Crippen molar-refractivity contribution in [3.8, 4) is 11.5 Å². The number of methoxy groups -OCH3 is 1. The number of hydrogen-bond acceptors (Lipinski definition) is 7. The molecule has 132 valence electrons. The highest BCUT2D eigenvalue weighted by Gasteiger charge is 2.24. The van der Waals surface area contributed by atoms with E-state index in [4.69, 9.17) is 4.74 Å². The van der Waals surface area contributed by atoms with E-state index < -0.39 is 4.92 Å². The molecule has 0 aliphatic carbocycles. The van der Waals surface area contributed by atoms with E-state index in [1.165, 1.54) is 37.4 Å². The number of aliphatic imine (C=N–C) groups is 1. The first-order valence-corrected chi connectivity index (χ1v) is 8.19. The van der Waals surface area contributed by atoms with Crippen molar-refractivity contribution in [2.24, 2.45) is 4.99 Å². The van der Waals surface area contributed by atoms with E-state index in [-0.39, 0.29) is 17.3 Å². The molecule has 0 radical (unpaired) electrons. The molecular formula is C17H13N3O5S. The van der Waals surface area contributed by atoms with Crippen LogP contribution in [0, 0.1) is 10.1 Å². The molecule has 1 fully saturated rings. The molecule has 2 N–H and O–H groups in total. The van der Waals surface area contributed by atoms with Crippen molar-refractivity contribution in [1.82, 2.24) is 5.32 Å². The van der Waals surface area contributed by atoms with Crippen LogP contribution in [0.3, 0.4) is 0 Å². The van der Waals surface area contributed by atoms with Crippen LogP contribution in [-0.2, 0) is 4.79 Å². The third kappa shape index (κ3) is 3.83. The van der Waals surface area contributed by atoms with Crippen molar-refractivity contribution in [3.63, 3.8) is 0 Å². The summed E-state index contributed by atoms with van der Waals surface area (Å²) < 4.78 is 5.05. The lowest BCUT2D eigenvalue weighted by atomic mass is 10.2. The van der Waals surface area contributed by atoms with Gasteiger partial charge in [0, 0.05) is 12.1 Å². The maximum atomic E-state index is 12.1. The summed E-state index contributed by atoms with van der Waals surface area (Å²) in [6.07, 6.45) is 1.65. The van der Waals surface area contributed by atoms with E-state index in [9.17, 15) is 20.0 Å². The first-order valence-electron chi connectivity index (χ1n) is 7.37. The summed E-state index contributed by atoms with van der Waals surface area (Å²) in [5.74, 6) is 0.0174. The molecule has 1 aliphatic rings. The fraction of sp³-hybridized carbons (Fsp3) is 0.0588. The van der Waals surface area contributed by atoms with Crippen LogP contribution in [0.25, 0.3) is 6.08 Å². The van der Waals surface area contributed by atoms with E-state index in [0.29, 0.717) is 27.1 Å². The molecule has 8 nitrogen and oxygen atoms in total. The van der Waals surface area contributed by atoms with Gasteiger partial charge in [0.2, 0.25) is 0 Å². The summed E-state index contributed by atoms with van der Waals surface area (Å²) in [4.78, 5) is 27.0. The number of nitrogens with one attached hydrogen (secondary N) is 1. The predicted octanol–water partition coefficient (Wildman–Crippen LogP) is 3.20. The highest BCUT2D eigenvalue weighted by atomic mass is 32.2. The minimum atomic E-state index is -0.490. The zero-order chi connectivity index (χ0) is 18.7. The Morgan fingerprint density at radius 3 is 2.65 bits per heavy atom. The lowest BCUT2D eigenvalue weighted by Crippen LogP contribution is -2.19. The number of phenols is 1. The van der Waals surface area contributed by atoms with Crippen LogP contribution in [0.15, 0.2) is 52.4 Å². The zero-order valence-electron chi connectivity index (χ0n) is 13.5. The Morgan fingerprint density at radius 2 is 2.00 bits per heavy atom. The average molecular weight is 371 g/mol. The Bertz CT molecular complexity index is 938. The zero-order valence-corrected chi connectivity index (χ0v) is 14.3. The number of nitro groups is 1. The van der Waals surface area contributed by atoms with Gasteiger partial charge in [0.25, 0.3) is 11.6 Å². The molecule has 9 heteroatoms. The van der Waals surface area contributed by atoms with Crippen molar-refractivity contribution < 1.29 is 19.6 Å². The summed E-state index contributed by atoms with van der Waals surface area (Å²) in [5.41, 5.74) is 1.15. The van der Waals surface area contributed by atoms with Crippen LogP contribution in [0.4, 0.5) is 11.4 Å². The molecular weight excluding hydrogens is 358 g/mol. The second kappa shape index (κ2) is 7.28. The highest BCUT2D eigenvalue weighted by molar-refractivity contribution is 8.18. The fourth-order valence-corrected chi connectivity index (χ4v) is 3.02. The van der Waals surface area contributed by atoms with Crippen LogP contribution in [0.1, 0.15) is 5.56 Å². The summed E-state index contributed by atoms with van der Waals surface area (Å²) in [7, 11) is 1.44. The largest absolute Gasteiger partial charge is 0.504 e. The van der Waals surface area contributed by atoms with Gasteiger partial charge in [-0.05, 0) is 47.7 Å². The van der Waals surface area contributed by atoms with Gasteiger partial charge in [0.15, 0.2) is 16.7 Å². The Morgan fingerprint density at radius 1 is 1.27 bits per heavy atom. The van der Waals surface area contributed by atoms with E-state index in [2.05, 4.69) is 10.3 Å². The van der Waals surface area contributed by atoms with Crippen LogP contribution in [0.2, 0.25) is 0 Å². The monoisotopic (exact) mass is 371 g/mol. The number of nitro benzene ring substituents is 1. The van der Waals surface area contributed by atoms with Gasteiger partial charge in [-0.3, -0.25) is 14.9 Å². The molecule has 26 heavy (non-hydrogen) atoms. The third-order valence-corrected chi connectivity index (χ3v) is 4.35.